The van der Waals surface area contributed by atoms with E-state index in [4.69, 9.17) is 5.11 Å². The zero-order valence-electron chi connectivity index (χ0n) is 33.6. The first-order chi connectivity index (χ1) is 28.0. The van der Waals surface area contributed by atoms with E-state index in [0.717, 1.165) is 64.5 Å². The van der Waals surface area contributed by atoms with E-state index in [2.05, 4.69) is 20.5 Å². The van der Waals surface area contributed by atoms with Crippen molar-refractivity contribution in [3.8, 4) is 0 Å². The van der Waals surface area contributed by atoms with Crippen LogP contribution in [0.4, 0.5) is 11.4 Å². The molecular formula is C44H56N6O6S2. The van der Waals surface area contributed by atoms with Crippen LogP contribution in [0, 0.1) is 0 Å². The lowest BCUT2D eigenvalue weighted by atomic mass is 10.1. The van der Waals surface area contributed by atoms with Crippen molar-refractivity contribution in [3.63, 3.8) is 0 Å². The summed E-state index contributed by atoms with van der Waals surface area (Å²) in [6.45, 7) is 4.39. The van der Waals surface area contributed by atoms with Crippen molar-refractivity contribution in [1.82, 2.24) is 16.0 Å². The first-order valence-electron chi connectivity index (χ1n) is 19.3. The Hall–Kier alpha value is -5.47. The first-order valence-corrected chi connectivity index (χ1v) is 21.7. The monoisotopic (exact) mass is 828 g/mol. The van der Waals surface area contributed by atoms with Crippen LogP contribution in [0.1, 0.15) is 49.3 Å². The van der Waals surface area contributed by atoms with Crippen molar-refractivity contribution < 1.29 is 34.0 Å². The molecule has 3 rings (SSSR count). The normalized spacial score (nSPS) is 11.6. The number of allylic oxidation sites excluding steroid dienone is 4. The Morgan fingerprint density at radius 1 is 0.707 bits per heavy atom. The van der Waals surface area contributed by atoms with Crippen molar-refractivity contribution in [2.45, 2.75) is 39.2 Å². The molecule has 0 spiro atoms. The highest BCUT2D eigenvalue weighted by atomic mass is 33.1. The number of nitrogens with zero attached hydrogens (tertiary/aromatic N) is 3. The van der Waals surface area contributed by atoms with Crippen molar-refractivity contribution in [2.24, 2.45) is 0 Å². The molecule has 0 bridgehead atoms. The van der Waals surface area contributed by atoms with Gasteiger partial charge in [0.2, 0.25) is 11.8 Å². The lowest BCUT2D eigenvalue weighted by Crippen LogP contribution is -2.35. The van der Waals surface area contributed by atoms with Gasteiger partial charge in [0.1, 0.15) is 13.1 Å². The minimum absolute atomic E-state index is 0.0343. The van der Waals surface area contributed by atoms with E-state index in [0.29, 0.717) is 32.5 Å². The summed E-state index contributed by atoms with van der Waals surface area (Å²) in [4.78, 5) is 49.5. The molecule has 0 fully saturated rings. The number of likely N-dealkylation sites (N-methyl/N-ethyl adjacent to an activating group) is 2. The Kier molecular flexibility index (Phi) is 22.0. The summed E-state index contributed by atoms with van der Waals surface area (Å²) >= 11 is 0. The van der Waals surface area contributed by atoms with Gasteiger partial charge in [0, 0.05) is 88.0 Å². The maximum atomic E-state index is 12.3. The number of carbonyl (C=O) groups excluding carboxylic acids is 3. The van der Waals surface area contributed by atoms with Crippen LogP contribution >= 0.6 is 21.6 Å². The maximum Gasteiger partial charge on any atom is 0.323 e. The zero-order valence-corrected chi connectivity index (χ0v) is 35.2. The molecule has 0 aliphatic heterocycles. The first kappa shape index (κ1) is 46.9. The van der Waals surface area contributed by atoms with Crippen LogP contribution in [0.2, 0.25) is 0 Å². The van der Waals surface area contributed by atoms with Gasteiger partial charge in [0.25, 0.3) is 0 Å². The van der Waals surface area contributed by atoms with Crippen molar-refractivity contribution in [3.05, 3.63) is 120 Å². The molecule has 310 valence electrons. The highest BCUT2D eigenvalue weighted by Crippen LogP contribution is 2.19. The van der Waals surface area contributed by atoms with E-state index in [9.17, 15) is 24.3 Å². The molecule has 4 N–H and O–H groups in total. The second kappa shape index (κ2) is 27.2. The summed E-state index contributed by atoms with van der Waals surface area (Å²) < 4.78 is 2.07. The molecule has 14 heteroatoms. The van der Waals surface area contributed by atoms with Gasteiger partial charge >= 0.3 is 5.97 Å². The van der Waals surface area contributed by atoms with E-state index >= 15 is 0 Å². The molecule has 0 saturated carbocycles. The number of aromatic nitrogens is 1. The molecule has 0 saturated heterocycles. The highest BCUT2D eigenvalue weighted by molar-refractivity contribution is 8.76. The number of nitrogens with one attached hydrogen (secondary N) is 3. The third kappa shape index (κ3) is 20.1. The molecule has 0 aliphatic carbocycles. The number of pyridine rings is 1. The van der Waals surface area contributed by atoms with Gasteiger partial charge in [-0.2, -0.15) is 0 Å². The van der Waals surface area contributed by atoms with Gasteiger partial charge in [-0.3, -0.25) is 14.4 Å². The van der Waals surface area contributed by atoms with Gasteiger partial charge in [-0.15, -0.1) is 0 Å². The summed E-state index contributed by atoms with van der Waals surface area (Å²) in [6.07, 6.45) is 20.3. The number of rotatable bonds is 27. The Balaban J connectivity index is 1.15. The molecule has 1 aromatic heterocycles. The Bertz CT molecular complexity index is 1850. The van der Waals surface area contributed by atoms with Gasteiger partial charge in [-0.1, -0.05) is 76.2 Å². The quantitative estimate of drug-likeness (QED) is 0.0363. The standard InChI is InChI=1S/C44H56N6O6S2/c1-4-35(9-10-36-13-17-39(18-14-36)48(2)33-43(53)54)21-25-45-24-5-7-41(51)46-26-31-57-58-32-27-47-42(52)8-6-28-50-29-22-38(23-30-50)12-11-37-15-19-40(20-16-37)49(3)34-44(55)56/h4,9-23,25,29-30,45H,5-8,24,26-28,31-34H2,1-3H3,(H3-,46,47,51,52,53,54,55,56)/b10-9+,25-21-,35-4-. The van der Waals surface area contributed by atoms with E-state index in [1.165, 1.54) is 0 Å². The largest absolute Gasteiger partial charge is 0.548 e. The average Bonchev–Trinajstić information content (AvgIpc) is 3.20. The van der Waals surface area contributed by atoms with E-state index in [1.54, 1.807) is 45.5 Å². The number of hydrogen-bond donors (Lipinski definition) is 4. The molecule has 1 heterocycles. The van der Waals surface area contributed by atoms with Crippen LogP contribution in [0.25, 0.3) is 18.2 Å². The van der Waals surface area contributed by atoms with E-state index in [-0.39, 0.29) is 24.9 Å². The average molecular weight is 829 g/mol. The summed E-state index contributed by atoms with van der Waals surface area (Å²) in [7, 11) is 6.83. The van der Waals surface area contributed by atoms with Crippen molar-refractivity contribution >= 4 is 74.9 Å². The van der Waals surface area contributed by atoms with Crippen LogP contribution in [0.5, 0.6) is 0 Å². The topological polar surface area (TPSA) is 158 Å². The minimum atomic E-state index is -1.12. The Morgan fingerprint density at radius 3 is 1.76 bits per heavy atom. The van der Waals surface area contributed by atoms with Crippen LogP contribution < -0.4 is 35.4 Å². The molecule has 58 heavy (non-hydrogen) atoms. The molecule has 0 radical (unpaired) electrons. The van der Waals surface area contributed by atoms with Gasteiger partial charge < -0.3 is 40.8 Å². The SMILES string of the molecule is C/C=C(\C=C/NCCCC(=O)NCCSSCCNC(=O)CCC[n+]1ccc(/C=C/c2ccc(N(C)CC(=O)O)cc2)cc1)/C=C/c1ccc(N(C)CC(=O)[O-])cc1. The maximum absolute atomic E-state index is 12.3. The number of amides is 2. The fourth-order valence-electron chi connectivity index (χ4n) is 5.39. The summed E-state index contributed by atoms with van der Waals surface area (Å²) in [6, 6.07) is 19.4. The second-order valence-corrected chi connectivity index (χ2v) is 16.0. The number of hydrogen-bond acceptors (Lipinski definition) is 10. The number of benzene rings is 2. The Morgan fingerprint density at radius 2 is 1.22 bits per heavy atom. The van der Waals surface area contributed by atoms with Crippen LogP contribution in [-0.4, -0.2) is 87.2 Å². The molecule has 0 atom stereocenters. The van der Waals surface area contributed by atoms with E-state index in [1.807, 2.05) is 123 Å². The fraction of sp³-hybridized carbons (Fsp3) is 0.341. The molecule has 2 aromatic carbocycles. The Labute approximate surface area is 350 Å². The third-order valence-corrected chi connectivity index (χ3v) is 11.0. The predicted molar refractivity (Wildman–Crippen MR) is 237 cm³/mol. The number of aryl methyl sites for hydroxylation is 1. The lowest BCUT2D eigenvalue weighted by molar-refractivity contribution is -0.697. The van der Waals surface area contributed by atoms with E-state index < -0.39 is 11.9 Å². The number of carboxylic acids is 2. The number of aliphatic carboxylic acids is 2. The predicted octanol–water partition coefficient (Wildman–Crippen LogP) is 4.79. The highest BCUT2D eigenvalue weighted by Gasteiger charge is 2.07. The molecule has 0 unspecified atom stereocenters. The minimum Gasteiger partial charge on any atom is -0.548 e. The molecule has 12 nitrogen and oxygen atoms in total. The number of anilines is 2. The summed E-state index contributed by atoms with van der Waals surface area (Å²) in [5, 5.41) is 28.9. The van der Waals surface area contributed by atoms with Crippen LogP contribution in [0.15, 0.2) is 103 Å². The van der Waals surface area contributed by atoms with Crippen LogP contribution in [-0.2, 0) is 25.7 Å². The van der Waals surface area contributed by atoms with Crippen molar-refractivity contribution in [2.75, 3.05) is 68.1 Å². The molecule has 0 aliphatic rings. The van der Waals surface area contributed by atoms with Gasteiger partial charge in [-0.05, 0) is 72.1 Å². The zero-order chi connectivity index (χ0) is 42.0. The second-order valence-electron chi connectivity index (χ2n) is 13.3. The molecule has 3 aromatic rings. The van der Waals surface area contributed by atoms with Gasteiger partial charge in [0.15, 0.2) is 12.4 Å². The summed E-state index contributed by atoms with van der Waals surface area (Å²) in [5.74, 6) is -0.317. The molecular weight excluding hydrogens is 773 g/mol. The van der Waals surface area contributed by atoms with Crippen LogP contribution in [0.3, 0.4) is 0 Å². The van der Waals surface area contributed by atoms with Gasteiger partial charge in [-0.25, -0.2) is 4.57 Å². The van der Waals surface area contributed by atoms with Gasteiger partial charge in [0.05, 0.1) is 12.5 Å². The summed E-state index contributed by atoms with van der Waals surface area (Å²) in [5.41, 5.74) is 5.75. The molecule has 2 amide bonds. The lowest BCUT2D eigenvalue weighted by Gasteiger charge is -2.19. The van der Waals surface area contributed by atoms with Crippen molar-refractivity contribution in [1.29, 1.82) is 0 Å². The third-order valence-electron chi connectivity index (χ3n) is 8.63. The fourth-order valence-corrected chi connectivity index (χ4v) is 7.21. The number of carboxylic acid groups (broad SMARTS) is 2. The number of carbonyl (C=O) groups is 4. The smallest absolute Gasteiger partial charge is 0.323 e.